The summed E-state index contributed by atoms with van der Waals surface area (Å²) in [6.07, 6.45) is 1.86. The molecule has 1 aliphatic heterocycles. The van der Waals surface area contributed by atoms with Crippen LogP contribution in [0.2, 0.25) is 0 Å². The minimum absolute atomic E-state index is 0.00354. The number of anilines is 1. The Morgan fingerprint density at radius 1 is 1.67 bits per heavy atom. The minimum Gasteiger partial charge on any atom is -0.295 e. The van der Waals surface area contributed by atoms with Crippen LogP contribution >= 0.6 is 11.8 Å². The Balaban J connectivity index is 2.22. The van der Waals surface area contributed by atoms with E-state index in [0.29, 0.717) is 24.3 Å². The van der Waals surface area contributed by atoms with Crippen molar-refractivity contribution in [3.05, 3.63) is 23.9 Å². The molecule has 18 heavy (non-hydrogen) atoms. The van der Waals surface area contributed by atoms with E-state index in [2.05, 4.69) is 4.98 Å². The SMILES string of the molecule is CC(=O)SC1CC(=O)N(c2ncccc2C#N)C1. The fraction of sp³-hybridized carbons (Fsp3) is 0.333. The lowest BCUT2D eigenvalue weighted by Gasteiger charge is -2.16. The van der Waals surface area contributed by atoms with Gasteiger partial charge in [-0.05, 0) is 12.1 Å². The van der Waals surface area contributed by atoms with Gasteiger partial charge < -0.3 is 0 Å². The first-order valence-electron chi connectivity index (χ1n) is 5.44. The Bertz CT molecular complexity index is 538. The van der Waals surface area contributed by atoms with Gasteiger partial charge in [0, 0.05) is 31.3 Å². The van der Waals surface area contributed by atoms with Crippen molar-refractivity contribution in [3.8, 4) is 6.07 Å². The van der Waals surface area contributed by atoms with Crippen LogP contribution in [0.4, 0.5) is 5.82 Å². The molecule has 1 unspecified atom stereocenters. The third-order valence-electron chi connectivity index (χ3n) is 2.58. The van der Waals surface area contributed by atoms with Crippen LogP contribution in [-0.4, -0.2) is 27.8 Å². The fourth-order valence-corrected chi connectivity index (χ4v) is 2.81. The van der Waals surface area contributed by atoms with Gasteiger partial charge >= 0.3 is 0 Å². The van der Waals surface area contributed by atoms with Crippen molar-refractivity contribution in [2.24, 2.45) is 0 Å². The lowest BCUT2D eigenvalue weighted by atomic mass is 10.2. The number of hydrogen-bond donors (Lipinski definition) is 0. The van der Waals surface area contributed by atoms with Crippen molar-refractivity contribution in [3.63, 3.8) is 0 Å². The van der Waals surface area contributed by atoms with Crippen LogP contribution in [0.5, 0.6) is 0 Å². The maximum absolute atomic E-state index is 11.9. The molecule has 1 amide bonds. The van der Waals surface area contributed by atoms with E-state index >= 15 is 0 Å². The van der Waals surface area contributed by atoms with Crippen LogP contribution in [-0.2, 0) is 9.59 Å². The van der Waals surface area contributed by atoms with E-state index in [1.807, 2.05) is 6.07 Å². The van der Waals surface area contributed by atoms with Gasteiger partial charge in [0.05, 0.1) is 5.56 Å². The zero-order valence-corrected chi connectivity index (χ0v) is 10.6. The highest BCUT2D eigenvalue weighted by Gasteiger charge is 2.33. The van der Waals surface area contributed by atoms with E-state index in [1.54, 1.807) is 18.3 Å². The fourth-order valence-electron chi connectivity index (χ4n) is 1.89. The highest BCUT2D eigenvalue weighted by Crippen LogP contribution is 2.28. The Labute approximate surface area is 109 Å². The summed E-state index contributed by atoms with van der Waals surface area (Å²) in [7, 11) is 0. The third kappa shape index (κ3) is 2.51. The molecular formula is C12H11N3O2S. The van der Waals surface area contributed by atoms with Gasteiger partial charge in [-0.2, -0.15) is 5.26 Å². The highest BCUT2D eigenvalue weighted by molar-refractivity contribution is 8.14. The van der Waals surface area contributed by atoms with E-state index in [9.17, 15) is 9.59 Å². The van der Waals surface area contributed by atoms with Crippen molar-refractivity contribution in [1.82, 2.24) is 4.98 Å². The van der Waals surface area contributed by atoms with Crippen LogP contribution in [0, 0.1) is 11.3 Å². The van der Waals surface area contributed by atoms with E-state index in [0.717, 1.165) is 0 Å². The molecular weight excluding hydrogens is 250 g/mol. The lowest BCUT2D eigenvalue weighted by Crippen LogP contribution is -2.26. The Kier molecular flexibility index (Phi) is 3.63. The van der Waals surface area contributed by atoms with Gasteiger partial charge in [0.25, 0.3) is 0 Å². The van der Waals surface area contributed by atoms with Crippen molar-refractivity contribution in [2.75, 3.05) is 11.4 Å². The van der Waals surface area contributed by atoms with E-state index < -0.39 is 0 Å². The minimum atomic E-state index is -0.0936. The molecule has 0 radical (unpaired) electrons. The van der Waals surface area contributed by atoms with Crippen molar-refractivity contribution in [1.29, 1.82) is 5.26 Å². The Morgan fingerprint density at radius 2 is 2.44 bits per heavy atom. The molecule has 0 spiro atoms. The Morgan fingerprint density at radius 3 is 3.11 bits per heavy atom. The summed E-state index contributed by atoms with van der Waals surface area (Å²) in [6, 6.07) is 5.30. The highest BCUT2D eigenvalue weighted by atomic mass is 32.2. The standard InChI is InChI=1S/C12H11N3O2S/c1-8(16)18-10-5-11(17)15(7-10)12-9(6-13)3-2-4-14-12/h2-4,10H,5,7H2,1H3. The van der Waals surface area contributed by atoms with Crippen molar-refractivity contribution >= 4 is 28.6 Å². The molecule has 0 aromatic carbocycles. The molecule has 1 atom stereocenters. The lowest BCUT2D eigenvalue weighted by molar-refractivity contribution is -0.117. The predicted octanol–water partition coefficient (Wildman–Crippen LogP) is 1.34. The zero-order valence-electron chi connectivity index (χ0n) is 9.79. The molecule has 5 nitrogen and oxygen atoms in total. The van der Waals surface area contributed by atoms with Gasteiger partial charge in [-0.25, -0.2) is 4.98 Å². The summed E-state index contributed by atoms with van der Waals surface area (Å²) in [5.41, 5.74) is 0.374. The maximum Gasteiger partial charge on any atom is 0.229 e. The normalized spacial score (nSPS) is 18.8. The molecule has 1 saturated heterocycles. The second kappa shape index (κ2) is 5.19. The van der Waals surface area contributed by atoms with Crippen molar-refractivity contribution in [2.45, 2.75) is 18.6 Å². The number of carbonyl (C=O) groups excluding carboxylic acids is 2. The number of aromatic nitrogens is 1. The van der Waals surface area contributed by atoms with E-state index in [-0.39, 0.29) is 16.3 Å². The molecule has 0 saturated carbocycles. The largest absolute Gasteiger partial charge is 0.295 e. The molecule has 0 N–H and O–H groups in total. The summed E-state index contributed by atoms with van der Waals surface area (Å²) in [6.45, 7) is 1.91. The molecule has 0 aliphatic carbocycles. The monoisotopic (exact) mass is 261 g/mol. The molecule has 1 aliphatic rings. The number of nitriles is 1. The predicted molar refractivity (Wildman–Crippen MR) is 68.0 cm³/mol. The summed E-state index contributed by atoms with van der Waals surface area (Å²) in [5.74, 6) is 0.292. The number of pyridine rings is 1. The van der Waals surface area contributed by atoms with Gasteiger partial charge in [0.1, 0.15) is 6.07 Å². The molecule has 2 heterocycles. The van der Waals surface area contributed by atoms with E-state index in [1.165, 1.54) is 23.6 Å². The number of amides is 1. The topological polar surface area (TPSA) is 74.1 Å². The average Bonchev–Trinajstić information content (AvgIpc) is 2.69. The van der Waals surface area contributed by atoms with Crippen LogP contribution in [0.15, 0.2) is 18.3 Å². The number of rotatable bonds is 2. The molecule has 1 aromatic heterocycles. The molecule has 1 aromatic rings. The second-order valence-electron chi connectivity index (χ2n) is 3.93. The molecule has 1 fully saturated rings. The van der Waals surface area contributed by atoms with Gasteiger partial charge in [-0.3, -0.25) is 14.5 Å². The summed E-state index contributed by atoms with van der Waals surface area (Å²) in [4.78, 5) is 28.5. The Hall–Kier alpha value is -1.87. The van der Waals surface area contributed by atoms with Gasteiger partial charge in [-0.1, -0.05) is 11.8 Å². The summed E-state index contributed by atoms with van der Waals surface area (Å²) in [5, 5.41) is 8.93. The van der Waals surface area contributed by atoms with Gasteiger partial charge in [0.2, 0.25) is 5.91 Å². The van der Waals surface area contributed by atoms with Gasteiger partial charge in [-0.15, -0.1) is 0 Å². The van der Waals surface area contributed by atoms with Crippen molar-refractivity contribution < 1.29 is 9.59 Å². The third-order valence-corrected chi connectivity index (χ3v) is 3.57. The molecule has 2 rings (SSSR count). The first kappa shape index (κ1) is 12.6. The first-order chi connectivity index (χ1) is 8.61. The number of nitrogens with zero attached hydrogens (tertiary/aromatic N) is 3. The molecule has 0 bridgehead atoms. The smallest absolute Gasteiger partial charge is 0.229 e. The first-order valence-corrected chi connectivity index (χ1v) is 6.32. The van der Waals surface area contributed by atoms with Crippen LogP contribution in [0.3, 0.4) is 0 Å². The van der Waals surface area contributed by atoms with Crippen LogP contribution in [0.1, 0.15) is 18.9 Å². The number of hydrogen-bond acceptors (Lipinski definition) is 5. The summed E-state index contributed by atoms with van der Waals surface area (Å²) < 4.78 is 0. The second-order valence-corrected chi connectivity index (χ2v) is 5.40. The average molecular weight is 261 g/mol. The van der Waals surface area contributed by atoms with Crippen LogP contribution < -0.4 is 4.90 Å². The molecule has 92 valence electrons. The maximum atomic E-state index is 11.9. The molecule has 6 heteroatoms. The summed E-state index contributed by atoms with van der Waals surface area (Å²) >= 11 is 1.17. The number of carbonyl (C=O) groups is 2. The zero-order chi connectivity index (χ0) is 13.1. The number of thioether (sulfide) groups is 1. The van der Waals surface area contributed by atoms with Crippen LogP contribution in [0.25, 0.3) is 0 Å². The van der Waals surface area contributed by atoms with Gasteiger partial charge in [0.15, 0.2) is 10.9 Å². The van der Waals surface area contributed by atoms with E-state index in [4.69, 9.17) is 5.26 Å². The quantitative estimate of drug-likeness (QED) is 0.803.